The second kappa shape index (κ2) is 4.80. The predicted molar refractivity (Wildman–Crippen MR) is 66.5 cm³/mol. The molecule has 2 aromatic rings. The van der Waals surface area contributed by atoms with Crippen LogP contribution in [0, 0.1) is 0 Å². The van der Waals surface area contributed by atoms with Gasteiger partial charge in [-0.1, -0.05) is 11.3 Å². The number of H-pyrrole nitrogens is 1. The number of anilines is 3. The molecule has 0 unspecified atom stereocenters. The van der Waals surface area contributed by atoms with Gasteiger partial charge in [0.15, 0.2) is 0 Å². The van der Waals surface area contributed by atoms with E-state index in [0.29, 0.717) is 18.2 Å². The van der Waals surface area contributed by atoms with Crippen molar-refractivity contribution in [3.05, 3.63) is 26.8 Å². The molecule has 0 atom stereocenters. The van der Waals surface area contributed by atoms with Crippen molar-refractivity contribution < 1.29 is 0 Å². The van der Waals surface area contributed by atoms with Gasteiger partial charge in [0.1, 0.15) is 11.6 Å². The molecule has 0 spiro atoms. The van der Waals surface area contributed by atoms with Crippen LogP contribution in [0.15, 0.2) is 16.2 Å². The number of nitrogens with one attached hydrogen (secondary N) is 3. The lowest BCUT2D eigenvalue weighted by molar-refractivity contribution is 1.03. The molecule has 0 fully saturated rings. The Labute approximate surface area is 100 Å². The van der Waals surface area contributed by atoms with Crippen molar-refractivity contribution in [1.29, 1.82) is 0 Å². The van der Waals surface area contributed by atoms with Crippen molar-refractivity contribution in [1.82, 2.24) is 15.0 Å². The molecule has 7 N–H and O–H groups in total. The molecular formula is C8H11N7OS. The van der Waals surface area contributed by atoms with E-state index in [1.165, 1.54) is 0 Å². The van der Waals surface area contributed by atoms with E-state index in [9.17, 15) is 4.79 Å². The molecule has 9 heteroatoms. The van der Waals surface area contributed by atoms with Crippen molar-refractivity contribution in [3.8, 4) is 0 Å². The number of thiazole rings is 1. The summed E-state index contributed by atoms with van der Waals surface area (Å²) in [4.78, 5) is 21.3. The Kier molecular flexibility index (Phi) is 3.21. The van der Waals surface area contributed by atoms with Gasteiger partial charge >= 0.3 is 4.87 Å². The van der Waals surface area contributed by atoms with Crippen LogP contribution in [-0.4, -0.2) is 15.0 Å². The molecule has 0 amide bonds. The lowest BCUT2D eigenvalue weighted by Gasteiger charge is -2.06. The van der Waals surface area contributed by atoms with E-state index in [0.717, 1.165) is 17.0 Å². The SMILES string of the molecule is NNc1cc(NCc2csc(=O)[nH]2)nc(N)n1. The van der Waals surface area contributed by atoms with Crippen LogP contribution in [0.25, 0.3) is 0 Å². The highest BCUT2D eigenvalue weighted by Gasteiger charge is 2.02. The molecule has 0 bridgehead atoms. The molecule has 0 radical (unpaired) electrons. The Morgan fingerprint density at radius 3 is 2.82 bits per heavy atom. The summed E-state index contributed by atoms with van der Waals surface area (Å²) in [5.74, 6) is 6.28. The molecule has 0 saturated heterocycles. The van der Waals surface area contributed by atoms with Crippen LogP contribution < -0.4 is 27.2 Å². The Bertz CT molecular complexity index is 563. The fourth-order valence-electron chi connectivity index (χ4n) is 1.22. The van der Waals surface area contributed by atoms with Gasteiger partial charge in [0, 0.05) is 17.1 Å². The second-order valence-corrected chi connectivity index (χ2v) is 4.01. The molecule has 17 heavy (non-hydrogen) atoms. The fraction of sp³-hybridized carbons (Fsp3) is 0.125. The van der Waals surface area contributed by atoms with E-state index >= 15 is 0 Å². The van der Waals surface area contributed by atoms with Crippen molar-refractivity contribution in [3.63, 3.8) is 0 Å². The van der Waals surface area contributed by atoms with E-state index in [1.54, 1.807) is 11.4 Å². The molecule has 2 heterocycles. The van der Waals surface area contributed by atoms with Gasteiger partial charge in [-0.2, -0.15) is 9.97 Å². The third-order valence-electron chi connectivity index (χ3n) is 1.92. The van der Waals surface area contributed by atoms with Gasteiger partial charge in [-0.05, 0) is 0 Å². The number of aromatic nitrogens is 3. The molecule has 0 aliphatic heterocycles. The maximum Gasteiger partial charge on any atom is 0.304 e. The zero-order valence-corrected chi connectivity index (χ0v) is 9.54. The Hall–Kier alpha value is -2.13. The van der Waals surface area contributed by atoms with Crippen LogP contribution >= 0.6 is 11.3 Å². The van der Waals surface area contributed by atoms with E-state index in [-0.39, 0.29) is 10.8 Å². The number of rotatable bonds is 4. The van der Waals surface area contributed by atoms with Crippen molar-refractivity contribution >= 4 is 28.9 Å². The first-order valence-electron chi connectivity index (χ1n) is 4.69. The standard InChI is InChI=1S/C8H11N7OS/c9-7-13-5(1-6(14-7)15-10)11-2-4-3-17-8(16)12-4/h1,3H,2,10H2,(H,12,16)(H4,9,11,13,14,15). The van der Waals surface area contributed by atoms with Gasteiger partial charge in [0.2, 0.25) is 5.95 Å². The lowest BCUT2D eigenvalue weighted by Crippen LogP contribution is -2.12. The zero-order chi connectivity index (χ0) is 12.3. The average Bonchev–Trinajstić information content (AvgIpc) is 2.72. The molecule has 0 aliphatic carbocycles. The average molecular weight is 253 g/mol. The summed E-state index contributed by atoms with van der Waals surface area (Å²) in [6.07, 6.45) is 0. The minimum absolute atomic E-state index is 0.0895. The van der Waals surface area contributed by atoms with Crippen LogP contribution in [0.4, 0.5) is 17.6 Å². The van der Waals surface area contributed by atoms with E-state index < -0.39 is 0 Å². The van der Waals surface area contributed by atoms with Crippen LogP contribution in [0.5, 0.6) is 0 Å². The number of hydrazine groups is 1. The summed E-state index contributed by atoms with van der Waals surface area (Å²) < 4.78 is 0. The number of hydrogen-bond donors (Lipinski definition) is 5. The summed E-state index contributed by atoms with van der Waals surface area (Å²) >= 11 is 1.11. The topological polar surface area (TPSA) is 135 Å². The summed E-state index contributed by atoms with van der Waals surface area (Å²) in [6.45, 7) is 0.444. The second-order valence-electron chi connectivity index (χ2n) is 3.17. The van der Waals surface area contributed by atoms with Gasteiger partial charge in [-0.25, -0.2) is 5.84 Å². The largest absolute Gasteiger partial charge is 0.368 e. The first-order chi connectivity index (χ1) is 8.17. The molecule has 90 valence electrons. The van der Waals surface area contributed by atoms with E-state index in [1.807, 2.05) is 0 Å². The fourth-order valence-corrected chi connectivity index (χ4v) is 1.80. The summed E-state index contributed by atoms with van der Waals surface area (Å²) in [5.41, 5.74) is 8.66. The highest BCUT2D eigenvalue weighted by atomic mass is 32.1. The number of nitrogens with zero attached hydrogens (tertiary/aromatic N) is 2. The van der Waals surface area contributed by atoms with Gasteiger partial charge in [-0.3, -0.25) is 4.79 Å². The molecule has 2 aromatic heterocycles. The first kappa shape index (κ1) is 11.4. The number of hydrogen-bond acceptors (Lipinski definition) is 8. The maximum absolute atomic E-state index is 10.9. The van der Waals surface area contributed by atoms with Gasteiger partial charge in [0.05, 0.1) is 6.54 Å². The van der Waals surface area contributed by atoms with Crippen LogP contribution in [0.3, 0.4) is 0 Å². The smallest absolute Gasteiger partial charge is 0.304 e. The Morgan fingerprint density at radius 1 is 1.41 bits per heavy atom. The van der Waals surface area contributed by atoms with Gasteiger partial charge in [-0.15, -0.1) is 0 Å². The third-order valence-corrected chi connectivity index (χ3v) is 2.64. The quantitative estimate of drug-likeness (QED) is 0.373. The van der Waals surface area contributed by atoms with Crippen molar-refractivity contribution in [2.24, 2.45) is 5.84 Å². The Balaban J connectivity index is 2.08. The zero-order valence-electron chi connectivity index (χ0n) is 8.73. The molecular weight excluding hydrogens is 242 g/mol. The normalized spacial score (nSPS) is 10.2. The number of nitrogens with two attached hydrogens (primary N) is 2. The predicted octanol–water partition coefficient (Wildman–Crippen LogP) is -0.294. The van der Waals surface area contributed by atoms with Crippen LogP contribution in [-0.2, 0) is 6.54 Å². The Morgan fingerprint density at radius 2 is 2.18 bits per heavy atom. The molecule has 8 nitrogen and oxygen atoms in total. The number of aromatic amines is 1. The molecule has 0 saturated carbocycles. The van der Waals surface area contributed by atoms with Crippen molar-refractivity contribution in [2.45, 2.75) is 6.54 Å². The minimum Gasteiger partial charge on any atom is -0.368 e. The summed E-state index contributed by atoms with van der Waals surface area (Å²) in [7, 11) is 0. The monoisotopic (exact) mass is 253 g/mol. The molecule has 0 aliphatic rings. The molecule has 2 rings (SSSR count). The molecule has 0 aromatic carbocycles. The summed E-state index contributed by atoms with van der Waals surface area (Å²) in [5, 5.41) is 4.74. The number of nitrogen functional groups attached to an aromatic ring is 2. The third kappa shape index (κ3) is 2.92. The van der Waals surface area contributed by atoms with Crippen molar-refractivity contribution in [2.75, 3.05) is 16.5 Å². The maximum atomic E-state index is 10.9. The van der Waals surface area contributed by atoms with Crippen LogP contribution in [0.2, 0.25) is 0 Å². The summed E-state index contributed by atoms with van der Waals surface area (Å²) in [6, 6.07) is 1.61. The lowest BCUT2D eigenvalue weighted by atomic mass is 10.4. The van der Waals surface area contributed by atoms with Gasteiger partial charge in [0.25, 0.3) is 0 Å². The minimum atomic E-state index is -0.0895. The van der Waals surface area contributed by atoms with E-state index in [4.69, 9.17) is 11.6 Å². The highest BCUT2D eigenvalue weighted by Crippen LogP contribution is 2.12. The van der Waals surface area contributed by atoms with Crippen LogP contribution in [0.1, 0.15) is 5.69 Å². The van der Waals surface area contributed by atoms with Gasteiger partial charge < -0.3 is 21.5 Å². The highest BCUT2D eigenvalue weighted by molar-refractivity contribution is 7.07. The first-order valence-corrected chi connectivity index (χ1v) is 5.57. The van der Waals surface area contributed by atoms with E-state index in [2.05, 4.69) is 25.7 Å².